The van der Waals surface area contributed by atoms with Crippen molar-refractivity contribution in [2.24, 2.45) is 0 Å². The lowest BCUT2D eigenvalue weighted by atomic mass is 10.0. The second kappa shape index (κ2) is 9.46. The molecule has 0 atom stereocenters. The molecule has 0 N–H and O–H groups in total. The minimum atomic E-state index is 0.0904. The number of carbonyl (C=O) groups is 1. The zero-order chi connectivity index (χ0) is 21.8. The van der Waals surface area contributed by atoms with Crippen molar-refractivity contribution in [3.05, 3.63) is 65.1 Å². The quantitative estimate of drug-likeness (QED) is 0.454. The maximum absolute atomic E-state index is 12.7. The van der Waals surface area contributed by atoms with Crippen LogP contribution in [-0.4, -0.2) is 57.6 Å². The van der Waals surface area contributed by atoms with Gasteiger partial charge in [-0.3, -0.25) is 9.69 Å². The van der Waals surface area contributed by atoms with Crippen LogP contribution in [0, 0.1) is 25.2 Å². The molecule has 6 nitrogen and oxygen atoms in total. The van der Waals surface area contributed by atoms with E-state index in [2.05, 4.69) is 63.4 Å². The molecule has 0 spiro atoms. The molecule has 0 saturated carbocycles. The van der Waals surface area contributed by atoms with Crippen LogP contribution in [0.2, 0.25) is 0 Å². The third kappa shape index (κ3) is 4.87. The number of hydrogen-bond acceptors (Lipinski definition) is 6. The molecule has 7 heteroatoms. The Balaban J connectivity index is 1.33. The molecular weight excluding hydrogens is 406 g/mol. The summed E-state index contributed by atoms with van der Waals surface area (Å²) in [5, 5.41) is 12.5. The van der Waals surface area contributed by atoms with E-state index in [9.17, 15) is 10.1 Å². The minimum Gasteiger partial charge on any atom is -0.339 e. The summed E-state index contributed by atoms with van der Waals surface area (Å²) in [5.74, 6) is 0.995. The van der Waals surface area contributed by atoms with E-state index in [1.807, 2.05) is 4.90 Å². The van der Waals surface area contributed by atoms with Crippen LogP contribution >= 0.6 is 11.8 Å². The monoisotopic (exact) mass is 431 g/mol. The Morgan fingerprint density at radius 1 is 1.06 bits per heavy atom. The summed E-state index contributed by atoms with van der Waals surface area (Å²) in [4.78, 5) is 25.7. The van der Waals surface area contributed by atoms with Gasteiger partial charge < -0.3 is 4.90 Å². The van der Waals surface area contributed by atoms with Crippen LogP contribution in [0.5, 0.6) is 0 Å². The predicted molar refractivity (Wildman–Crippen MR) is 123 cm³/mol. The van der Waals surface area contributed by atoms with Gasteiger partial charge in [0.2, 0.25) is 5.91 Å². The van der Waals surface area contributed by atoms with E-state index in [-0.39, 0.29) is 11.7 Å². The van der Waals surface area contributed by atoms with E-state index in [4.69, 9.17) is 0 Å². The van der Waals surface area contributed by atoms with Gasteiger partial charge in [0.1, 0.15) is 22.5 Å². The van der Waals surface area contributed by atoms with Crippen LogP contribution in [-0.2, 0) is 11.3 Å². The summed E-state index contributed by atoms with van der Waals surface area (Å²) in [7, 11) is 0. The first-order valence-corrected chi connectivity index (χ1v) is 11.4. The molecule has 2 aromatic carbocycles. The molecule has 0 unspecified atom stereocenters. The highest BCUT2D eigenvalue weighted by molar-refractivity contribution is 8.00. The van der Waals surface area contributed by atoms with Crippen molar-refractivity contribution in [2.45, 2.75) is 25.4 Å². The second-order valence-electron chi connectivity index (χ2n) is 7.73. The molecule has 4 rings (SSSR count). The smallest absolute Gasteiger partial charge is 0.233 e. The lowest BCUT2D eigenvalue weighted by Crippen LogP contribution is -2.48. The summed E-state index contributed by atoms with van der Waals surface area (Å²) in [5.41, 5.74) is 2.45. The Morgan fingerprint density at radius 2 is 1.81 bits per heavy atom. The Kier molecular flexibility index (Phi) is 6.50. The number of hydrogen-bond donors (Lipinski definition) is 0. The van der Waals surface area contributed by atoms with E-state index in [0.29, 0.717) is 22.1 Å². The average molecular weight is 432 g/mol. The molecule has 1 fully saturated rings. The fraction of sp³-hybridized carbons (Fsp3) is 0.333. The van der Waals surface area contributed by atoms with Gasteiger partial charge in [0.25, 0.3) is 0 Å². The molecular formula is C24H25N5OS. The maximum Gasteiger partial charge on any atom is 0.233 e. The summed E-state index contributed by atoms with van der Waals surface area (Å²) in [6.45, 7) is 7.64. The first kappa shape index (κ1) is 21.3. The molecule has 31 heavy (non-hydrogen) atoms. The van der Waals surface area contributed by atoms with Gasteiger partial charge in [-0.1, -0.05) is 54.2 Å². The van der Waals surface area contributed by atoms with E-state index in [1.54, 1.807) is 13.8 Å². The van der Waals surface area contributed by atoms with E-state index in [1.165, 1.54) is 28.1 Å². The molecule has 1 amide bonds. The van der Waals surface area contributed by atoms with Crippen molar-refractivity contribution >= 4 is 28.4 Å². The van der Waals surface area contributed by atoms with Crippen LogP contribution in [0.15, 0.2) is 47.5 Å². The zero-order valence-electron chi connectivity index (χ0n) is 17.8. The number of nitriles is 1. The predicted octanol–water partition coefficient (Wildman–Crippen LogP) is 3.55. The number of fused-ring (bicyclic) bond motifs is 1. The molecule has 0 bridgehead atoms. The largest absolute Gasteiger partial charge is 0.339 e. The summed E-state index contributed by atoms with van der Waals surface area (Å²) in [6.07, 6.45) is 0. The van der Waals surface area contributed by atoms with Crippen LogP contribution in [0.25, 0.3) is 10.8 Å². The fourth-order valence-electron chi connectivity index (χ4n) is 3.96. The van der Waals surface area contributed by atoms with Crippen molar-refractivity contribution in [3.8, 4) is 6.07 Å². The van der Waals surface area contributed by atoms with Gasteiger partial charge in [-0.25, -0.2) is 9.97 Å². The van der Waals surface area contributed by atoms with Crippen molar-refractivity contribution in [1.82, 2.24) is 19.8 Å². The van der Waals surface area contributed by atoms with Gasteiger partial charge in [0.05, 0.1) is 11.4 Å². The van der Waals surface area contributed by atoms with E-state index in [0.717, 1.165) is 32.7 Å². The van der Waals surface area contributed by atoms with Gasteiger partial charge in [0.15, 0.2) is 0 Å². The van der Waals surface area contributed by atoms with Crippen LogP contribution in [0.3, 0.4) is 0 Å². The van der Waals surface area contributed by atoms with Crippen molar-refractivity contribution in [2.75, 3.05) is 31.9 Å². The zero-order valence-corrected chi connectivity index (χ0v) is 18.7. The van der Waals surface area contributed by atoms with Crippen molar-refractivity contribution in [1.29, 1.82) is 5.26 Å². The SMILES string of the molecule is Cc1nc(C)c(C#N)c(SCC(=O)N2CCN(Cc3cccc4ccccc34)CC2)n1. The number of amides is 1. The average Bonchev–Trinajstić information content (AvgIpc) is 2.78. The third-order valence-electron chi connectivity index (χ3n) is 5.61. The van der Waals surface area contributed by atoms with Crippen molar-refractivity contribution < 1.29 is 4.79 Å². The van der Waals surface area contributed by atoms with Gasteiger partial charge in [0, 0.05) is 32.7 Å². The number of aryl methyl sites for hydroxylation is 2. The van der Waals surface area contributed by atoms with Gasteiger partial charge in [-0.05, 0) is 30.2 Å². The molecule has 0 aliphatic carbocycles. The summed E-state index contributed by atoms with van der Waals surface area (Å²) < 4.78 is 0. The normalized spacial score (nSPS) is 14.5. The Hall–Kier alpha value is -2.95. The van der Waals surface area contributed by atoms with Gasteiger partial charge >= 0.3 is 0 Å². The number of piperazine rings is 1. The highest BCUT2D eigenvalue weighted by Gasteiger charge is 2.22. The minimum absolute atomic E-state index is 0.0904. The lowest BCUT2D eigenvalue weighted by molar-refractivity contribution is -0.130. The topological polar surface area (TPSA) is 73.1 Å². The summed E-state index contributed by atoms with van der Waals surface area (Å²) in [6, 6.07) is 17.1. The number of benzene rings is 2. The first-order valence-electron chi connectivity index (χ1n) is 10.4. The Bertz CT molecular complexity index is 1140. The first-order chi connectivity index (χ1) is 15.0. The fourth-order valence-corrected chi connectivity index (χ4v) is 4.94. The number of carbonyl (C=O) groups excluding carboxylic acids is 1. The molecule has 1 aliphatic heterocycles. The van der Waals surface area contributed by atoms with Crippen LogP contribution in [0.4, 0.5) is 0 Å². The molecule has 0 radical (unpaired) electrons. The Morgan fingerprint density at radius 3 is 2.58 bits per heavy atom. The van der Waals surface area contributed by atoms with Crippen molar-refractivity contribution in [3.63, 3.8) is 0 Å². The van der Waals surface area contributed by atoms with Crippen LogP contribution in [0.1, 0.15) is 22.6 Å². The molecule has 3 aromatic rings. The third-order valence-corrected chi connectivity index (χ3v) is 6.57. The van der Waals surface area contributed by atoms with Crippen LogP contribution < -0.4 is 0 Å². The number of aromatic nitrogens is 2. The molecule has 158 valence electrons. The standard InChI is InChI=1S/C24H25N5OS/c1-17-22(14-25)24(27-18(2)26-17)31-16-23(30)29-12-10-28(11-13-29)15-20-8-5-7-19-6-3-4-9-21(19)20/h3-9H,10-13,15-16H2,1-2H3. The Labute approximate surface area is 186 Å². The van der Waals surface area contributed by atoms with Gasteiger partial charge in [-0.15, -0.1) is 0 Å². The van der Waals surface area contributed by atoms with Gasteiger partial charge in [-0.2, -0.15) is 5.26 Å². The number of rotatable bonds is 5. The molecule has 1 saturated heterocycles. The highest BCUT2D eigenvalue weighted by atomic mass is 32.2. The number of nitrogens with zero attached hydrogens (tertiary/aromatic N) is 5. The number of thioether (sulfide) groups is 1. The maximum atomic E-state index is 12.7. The second-order valence-corrected chi connectivity index (χ2v) is 8.70. The molecule has 1 aliphatic rings. The highest BCUT2D eigenvalue weighted by Crippen LogP contribution is 2.23. The van der Waals surface area contributed by atoms with E-state index < -0.39 is 0 Å². The summed E-state index contributed by atoms with van der Waals surface area (Å²) >= 11 is 1.33. The van der Waals surface area contributed by atoms with E-state index >= 15 is 0 Å². The lowest BCUT2D eigenvalue weighted by Gasteiger charge is -2.35. The molecule has 1 aromatic heterocycles. The molecule has 2 heterocycles.